The predicted octanol–water partition coefficient (Wildman–Crippen LogP) is 2.88. The van der Waals surface area contributed by atoms with Gasteiger partial charge in [0.15, 0.2) is 0 Å². The SMILES string of the molecule is COc1cccc(CCNc2cc(C(=O)NC(C)C)ccn2)c1. The van der Waals surface area contributed by atoms with Crippen molar-refractivity contribution in [3.8, 4) is 5.75 Å². The summed E-state index contributed by atoms with van der Waals surface area (Å²) in [5, 5.41) is 6.12. The lowest BCUT2D eigenvalue weighted by Gasteiger charge is -2.10. The summed E-state index contributed by atoms with van der Waals surface area (Å²) in [5.41, 5.74) is 1.79. The number of benzene rings is 1. The molecule has 1 amide bonds. The molecule has 1 heterocycles. The van der Waals surface area contributed by atoms with Crippen LogP contribution in [0, 0.1) is 0 Å². The predicted molar refractivity (Wildman–Crippen MR) is 92.0 cm³/mol. The van der Waals surface area contributed by atoms with Crippen LogP contribution in [0.1, 0.15) is 29.8 Å². The van der Waals surface area contributed by atoms with E-state index in [0.29, 0.717) is 11.4 Å². The topological polar surface area (TPSA) is 63.2 Å². The molecule has 2 N–H and O–H groups in total. The van der Waals surface area contributed by atoms with Gasteiger partial charge in [0, 0.05) is 24.3 Å². The Morgan fingerprint density at radius 1 is 1.26 bits per heavy atom. The van der Waals surface area contributed by atoms with E-state index in [9.17, 15) is 4.79 Å². The number of nitrogens with one attached hydrogen (secondary N) is 2. The Morgan fingerprint density at radius 3 is 2.83 bits per heavy atom. The van der Waals surface area contributed by atoms with Gasteiger partial charge in [-0.2, -0.15) is 0 Å². The maximum atomic E-state index is 12.0. The third-order valence-electron chi connectivity index (χ3n) is 3.30. The van der Waals surface area contributed by atoms with Crippen molar-refractivity contribution in [3.63, 3.8) is 0 Å². The van der Waals surface area contributed by atoms with Crippen molar-refractivity contribution < 1.29 is 9.53 Å². The van der Waals surface area contributed by atoms with Gasteiger partial charge in [-0.25, -0.2) is 4.98 Å². The molecule has 0 bridgehead atoms. The Hall–Kier alpha value is -2.56. The molecule has 2 rings (SSSR count). The molecule has 0 aliphatic rings. The summed E-state index contributed by atoms with van der Waals surface area (Å²) >= 11 is 0. The molecule has 0 fully saturated rings. The van der Waals surface area contributed by atoms with Gasteiger partial charge < -0.3 is 15.4 Å². The molecule has 0 spiro atoms. The fourth-order valence-electron chi connectivity index (χ4n) is 2.18. The second-order valence-corrected chi connectivity index (χ2v) is 5.59. The van der Waals surface area contributed by atoms with Crippen LogP contribution in [-0.4, -0.2) is 30.6 Å². The number of carbonyl (C=O) groups is 1. The second kappa shape index (κ2) is 8.17. The normalized spacial score (nSPS) is 10.4. The molecule has 0 atom stereocenters. The van der Waals surface area contributed by atoms with Crippen molar-refractivity contribution in [2.45, 2.75) is 26.3 Å². The molecule has 1 aromatic heterocycles. The first kappa shape index (κ1) is 16.8. The summed E-state index contributed by atoms with van der Waals surface area (Å²) < 4.78 is 5.22. The van der Waals surface area contributed by atoms with Gasteiger partial charge in [0.25, 0.3) is 5.91 Å². The number of aromatic nitrogens is 1. The smallest absolute Gasteiger partial charge is 0.251 e. The first-order valence-electron chi connectivity index (χ1n) is 7.72. The number of methoxy groups -OCH3 is 1. The van der Waals surface area contributed by atoms with Gasteiger partial charge in [-0.1, -0.05) is 12.1 Å². The van der Waals surface area contributed by atoms with E-state index in [1.54, 1.807) is 25.4 Å². The van der Waals surface area contributed by atoms with E-state index in [0.717, 1.165) is 18.7 Å². The van der Waals surface area contributed by atoms with Gasteiger partial charge in [0.2, 0.25) is 0 Å². The summed E-state index contributed by atoms with van der Waals surface area (Å²) in [4.78, 5) is 16.2. The monoisotopic (exact) mass is 313 g/mol. The number of pyridine rings is 1. The summed E-state index contributed by atoms with van der Waals surface area (Å²) in [5.74, 6) is 1.47. The molecule has 0 radical (unpaired) electrons. The highest BCUT2D eigenvalue weighted by Gasteiger charge is 2.07. The molecule has 5 nitrogen and oxygen atoms in total. The molecule has 2 aromatic rings. The average Bonchev–Trinajstić information content (AvgIpc) is 2.55. The first-order valence-corrected chi connectivity index (χ1v) is 7.72. The van der Waals surface area contributed by atoms with Gasteiger partial charge in [0.05, 0.1) is 7.11 Å². The van der Waals surface area contributed by atoms with E-state index in [-0.39, 0.29) is 11.9 Å². The van der Waals surface area contributed by atoms with Crippen molar-refractivity contribution in [2.75, 3.05) is 19.0 Å². The van der Waals surface area contributed by atoms with E-state index in [1.807, 2.05) is 32.0 Å². The first-order chi connectivity index (χ1) is 11.1. The molecule has 0 saturated carbocycles. The van der Waals surface area contributed by atoms with Crippen LogP contribution in [0.5, 0.6) is 5.75 Å². The molecule has 0 unspecified atom stereocenters. The Morgan fingerprint density at radius 2 is 2.09 bits per heavy atom. The lowest BCUT2D eigenvalue weighted by molar-refractivity contribution is 0.0943. The third-order valence-corrected chi connectivity index (χ3v) is 3.30. The number of hydrogen-bond acceptors (Lipinski definition) is 4. The van der Waals surface area contributed by atoms with Crippen LogP contribution in [-0.2, 0) is 6.42 Å². The van der Waals surface area contributed by atoms with E-state index >= 15 is 0 Å². The van der Waals surface area contributed by atoms with Crippen LogP contribution >= 0.6 is 0 Å². The van der Waals surface area contributed by atoms with E-state index in [2.05, 4.69) is 21.7 Å². The van der Waals surface area contributed by atoms with Crippen LogP contribution in [0.2, 0.25) is 0 Å². The summed E-state index contributed by atoms with van der Waals surface area (Å²) in [6.07, 6.45) is 2.49. The standard InChI is InChI=1S/C18H23N3O2/c1-13(2)21-18(22)15-8-10-20-17(12-15)19-9-7-14-5-4-6-16(11-14)23-3/h4-6,8,10-13H,7,9H2,1-3H3,(H,19,20)(H,21,22). The molecule has 0 saturated heterocycles. The number of amides is 1. The van der Waals surface area contributed by atoms with Crippen molar-refractivity contribution in [1.82, 2.24) is 10.3 Å². The molecule has 122 valence electrons. The third kappa shape index (κ3) is 5.29. The van der Waals surface area contributed by atoms with E-state index in [1.165, 1.54) is 5.56 Å². The highest BCUT2D eigenvalue weighted by Crippen LogP contribution is 2.13. The fourth-order valence-corrected chi connectivity index (χ4v) is 2.18. The largest absolute Gasteiger partial charge is 0.497 e. The maximum Gasteiger partial charge on any atom is 0.251 e. The number of ether oxygens (including phenoxy) is 1. The number of rotatable bonds is 7. The van der Waals surface area contributed by atoms with Crippen LogP contribution < -0.4 is 15.4 Å². The number of nitrogens with zero attached hydrogens (tertiary/aromatic N) is 1. The van der Waals surface area contributed by atoms with Gasteiger partial charge in [0.1, 0.15) is 11.6 Å². The Bertz CT molecular complexity index is 656. The number of anilines is 1. The van der Waals surface area contributed by atoms with Crippen LogP contribution in [0.3, 0.4) is 0 Å². The minimum absolute atomic E-state index is 0.0850. The Kier molecular flexibility index (Phi) is 5.97. The number of carbonyl (C=O) groups excluding carboxylic acids is 1. The van der Waals surface area contributed by atoms with Crippen LogP contribution in [0.15, 0.2) is 42.6 Å². The van der Waals surface area contributed by atoms with Gasteiger partial charge in [-0.15, -0.1) is 0 Å². The Balaban J connectivity index is 1.91. The molecule has 0 aliphatic carbocycles. The average molecular weight is 313 g/mol. The maximum absolute atomic E-state index is 12.0. The highest BCUT2D eigenvalue weighted by atomic mass is 16.5. The van der Waals surface area contributed by atoms with Crippen molar-refractivity contribution in [1.29, 1.82) is 0 Å². The second-order valence-electron chi connectivity index (χ2n) is 5.59. The van der Waals surface area contributed by atoms with E-state index < -0.39 is 0 Å². The van der Waals surface area contributed by atoms with Gasteiger partial charge in [-0.05, 0) is 50.1 Å². The minimum atomic E-state index is -0.0850. The minimum Gasteiger partial charge on any atom is -0.497 e. The lowest BCUT2D eigenvalue weighted by Crippen LogP contribution is -2.30. The molecule has 23 heavy (non-hydrogen) atoms. The zero-order valence-corrected chi connectivity index (χ0v) is 13.8. The summed E-state index contributed by atoms with van der Waals surface area (Å²) in [7, 11) is 1.66. The quantitative estimate of drug-likeness (QED) is 0.825. The zero-order chi connectivity index (χ0) is 16.7. The summed E-state index contributed by atoms with van der Waals surface area (Å²) in [6, 6.07) is 11.6. The van der Waals surface area contributed by atoms with Crippen molar-refractivity contribution in [3.05, 3.63) is 53.7 Å². The lowest BCUT2D eigenvalue weighted by atomic mass is 10.1. The molecular weight excluding hydrogens is 290 g/mol. The fraction of sp³-hybridized carbons (Fsp3) is 0.333. The van der Waals surface area contributed by atoms with Crippen molar-refractivity contribution >= 4 is 11.7 Å². The zero-order valence-electron chi connectivity index (χ0n) is 13.8. The van der Waals surface area contributed by atoms with Gasteiger partial charge >= 0.3 is 0 Å². The number of hydrogen-bond donors (Lipinski definition) is 2. The van der Waals surface area contributed by atoms with Crippen LogP contribution in [0.25, 0.3) is 0 Å². The van der Waals surface area contributed by atoms with Gasteiger partial charge in [-0.3, -0.25) is 4.79 Å². The molecular formula is C18H23N3O2. The molecule has 0 aliphatic heterocycles. The molecule has 5 heteroatoms. The van der Waals surface area contributed by atoms with Crippen LogP contribution in [0.4, 0.5) is 5.82 Å². The highest BCUT2D eigenvalue weighted by molar-refractivity contribution is 5.94. The summed E-state index contributed by atoms with van der Waals surface area (Å²) in [6.45, 7) is 4.61. The van der Waals surface area contributed by atoms with Crippen molar-refractivity contribution in [2.24, 2.45) is 0 Å². The molecule has 1 aromatic carbocycles. The Labute approximate surface area is 137 Å². The van der Waals surface area contributed by atoms with E-state index in [4.69, 9.17) is 4.74 Å².